The fraction of sp³-hybridized carbons (Fsp3) is 0.926. The minimum Gasteiger partial charge on any atom is -0.393 e. The van der Waals surface area contributed by atoms with E-state index in [-0.39, 0.29) is 6.10 Å². The average Bonchev–Trinajstić information content (AvgIpc) is 2.99. The molecule has 3 saturated carbocycles. The molecule has 0 aromatic carbocycles. The number of hydrogen-bond donors (Lipinski definition) is 1. The maximum Gasteiger partial charge on any atom is 0.0543 e. The zero-order chi connectivity index (χ0) is 20.1. The normalized spacial score (nSPS) is 44.2. The summed E-state index contributed by atoms with van der Waals surface area (Å²) in [5.74, 6) is 4.25. The summed E-state index contributed by atoms with van der Waals surface area (Å²) >= 11 is 0. The van der Waals surface area contributed by atoms with Gasteiger partial charge in [-0.3, -0.25) is 0 Å². The minimum atomic E-state index is -0.0244. The van der Waals surface area contributed by atoms with Crippen LogP contribution in [0, 0.1) is 40.4 Å². The molecule has 7 atom stereocenters. The molecule has 4 rings (SSSR count). The van der Waals surface area contributed by atoms with Gasteiger partial charge in [-0.25, -0.2) is 0 Å². The maximum absolute atomic E-state index is 10.2. The van der Waals surface area contributed by atoms with E-state index in [1.165, 1.54) is 64.2 Å². The van der Waals surface area contributed by atoms with Gasteiger partial charge >= 0.3 is 0 Å². The Morgan fingerprint density at radius 2 is 1.75 bits per heavy atom. The molecule has 4 aliphatic carbocycles. The molecule has 160 valence electrons. The lowest BCUT2D eigenvalue weighted by atomic mass is 9.49. The van der Waals surface area contributed by atoms with Crippen molar-refractivity contribution in [1.29, 1.82) is 0 Å². The van der Waals surface area contributed by atoms with Gasteiger partial charge < -0.3 is 5.11 Å². The lowest BCUT2D eigenvalue weighted by Gasteiger charge is -2.56. The fourth-order valence-electron chi connectivity index (χ4n) is 8.47. The highest BCUT2D eigenvalue weighted by Gasteiger charge is 2.55. The molecule has 1 N–H and O–H groups in total. The number of allylic oxidation sites excluding steroid dienone is 2. The Morgan fingerprint density at radius 3 is 2.50 bits per heavy atom. The van der Waals surface area contributed by atoms with Crippen LogP contribution >= 0.6 is 0 Å². The second-order valence-electron chi connectivity index (χ2n) is 12.1. The molecule has 0 aromatic rings. The Bertz CT molecular complexity index is 603. The number of hydrogen-bond acceptors (Lipinski definition) is 1. The quantitative estimate of drug-likeness (QED) is 0.484. The molecular formula is C27H46O. The van der Waals surface area contributed by atoms with Crippen LogP contribution in [0.5, 0.6) is 0 Å². The van der Waals surface area contributed by atoms with Crippen LogP contribution in [0.2, 0.25) is 0 Å². The van der Waals surface area contributed by atoms with Crippen LogP contribution in [-0.2, 0) is 0 Å². The predicted molar refractivity (Wildman–Crippen MR) is 119 cm³/mol. The van der Waals surface area contributed by atoms with Gasteiger partial charge in [-0.1, -0.05) is 65.0 Å². The van der Waals surface area contributed by atoms with E-state index in [0.29, 0.717) is 10.8 Å². The maximum atomic E-state index is 10.2. The molecule has 0 unspecified atom stereocenters. The van der Waals surface area contributed by atoms with Crippen molar-refractivity contribution < 1.29 is 5.11 Å². The van der Waals surface area contributed by atoms with Crippen LogP contribution in [0.25, 0.3) is 0 Å². The van der Waals surface area contributed by atoms with E-state index < -0.39 is 0 Å². The SMILES string of the molecule is CC(C)CCC[C@@H](C)[C@H]1CCC2=C3CC[C@@H]4C[C@@H](O)CC[C@]4(C)[C@H]3CC[C@@]21C. The van der Waals surface area contributed by atoms with E-state index in [1.807, 2.05) is 11.1 Å². The lowest BCUT2D eigenvalue weighted by Crippen LogP contribution is -2.48. The van der Waals surface area contributed by atoms with Crippen molar-refractivity contribution in [2.24, 2.45) is 40.4 Å². The number of fused-ring (bicyclic) bond motifs is 4. The first-order chi connectivity index (χ1) is 13.3. The van der Waals surface area contributed by atoms with Gasteiger partial charge in [0.1, 0.15) is 0 Å². The van der Waals surface area contributed by atoms with Crippen LogP contribution in [0.15, 0.2) is 11.1 Å². The zero-order valence-corrected chi connectivity index (χ0v) is 19.4. The molecule has 3 fully saturated rings. The first-order valence-electron chi connectivity index (χ1n) is 12.7. The second-order valence-corrected chi connectivity index (χ2v) is 12.1. The smallest absolute Gasteiger partial charge is 0.0543 e. The van der Waals surface area contributed by atoms with Crippen LogP contribution < -0.4 is 0 Å². The largest absolute Gasteiger partial charge is 0.393 e. The Labute approximate surface area is 174 Å². The molecule has 28 heavy (non-hydrogen) atoms. The molecule has 0 radical (unpaired) electrons. The third-order valence-corrected chi connectivity index (χ3v) is 10.2. The Balaban J connectivity index is 1.53. The molecule has 0 spiro atoms. The third kappa shape index (κ3) is 3.42. The van der Waals surface area contributed by atoms with Crippen molar-refractivity contribution in [3.63, 3.8) is 0 Å². The molecule has 1 heteroatoms. The summed E-state index contributed by atoms with van der Waals surface area (Å²) in [5, 5.41) is 10.2. The third-order valence-electron chi connectivity index (χ3n) is 10.2. The molecule has 0 saturated heterocycles. The second kappa shape index (κ2) is 7.75. The average molecular weight is 387 g/mol. The fourth-order valence-corrected chi connectivity index (χ4v) is 8.47. The van der Waals surface area contributed by atoms with Crippen molar-refractivity contribution >= 4 is 0 Å². The van der Waals surface area contributed by atoms with Gasteiger partial charge in [0, 0.05) is 0 Å². The lowest BCUT2D eigenvalue weighted by molar-refractivity contribution is -0.0381. The molecule has 0 aliphatic heterocycles. The van der Waals surface area contributed by atoms with Crippen LogP contribution in [0.4, 0.5) is 0 Å². The molecule has 4 aliphatic rings. The van der Waals surface area contributed by atoms with Crippen LogP contribution in [0.3, 0.4) is 0 Å². The van der Waals surface area contributed by atoms with E-state index in [1.54, 1.807) is 0 Å². The van der Waals surface area contributed by atoms with E-state index >= 15 is 0 Å². The summed E-state index contributed by atoms with van der Waals surface area (Å²) in [6.07, 6.45) is 16.0. The molecule has 1 nitrogen and oxygen atoms in total. The molecule has 0 heterocycles. The highest BCUT2D eigenvalue weighted by molar-refractivity contribution is 5.34. The first-order valence-corrected chi connectivity index (χ1v) is 12.7. The summed E-state index contributed by atoms with van der Waals surface area (Å²) in [4.78, 5) is 0. The van der Waals surface area contributed by atoms with Gasteiger partial charge in [0.15, 0.2) is 0 Å². The summed E-state index contributed by atoms with van der Waals surface area (Å²) < 4.78 is 0. The van der Waals surface area contributed by atoms with Gasteiger partial charge in [0.05, 0.1) is 6.10 Å². The van der Waals surface area contributed by atoms with Crippen molar-refractivity contribution in [3.05, 3.63) is 11.1 Å². The minimum absolute atomic E-state index is 0.0244. The monoisotopic (exact) mass is 386 g/mol. The first kappa shape index (κ1) is 21.0. The van der Waals surface area contributed by atoms with Crippen molar-refractivity contribution in [2.45, 2.75) is 118 Å². The number of aliphatic hydroxyl groups excluding tert-OH is 1. The Morgan fingerprint density at radius 1 is 0.964 bits per heavy atom. The highest BCUT2D eigenvalue weighted by atomic mass is 16.3. The van der Waals surface area contributed by atoms with Crippen LogP contribution in [0.1, 0.15) is 112 Å². The standard InChI is InChI=1S/C27H46O/c1-18(2)7-6-8-19(3)23-11-12-24-22-10-9-20-17-21(28)13-15-26(20,4)25(22)14-16-27(23,24)5/h18-21,23,25,28H,6-17H2,1-5H3/t19-,20-,21+,23-,25+,26+,27-/m1/s1. The van der Waals surface area contributed by atoms with Gasteiger partial charge in [-0.05, 0) is 98.2 Å². The van der Waals surface area contributed by atoms with Gasteiger partial charge in [0.25, 0.3) is 0 Å². The number of rotatable bonds is 5. The van der Waals surface area contributed by atoms with E-state index in [2.05, 4.69) is 34.6 Å². The molecule has 0 amide bonds. The predicted octanol–water partition coefficient (Wildman–Crippen LogP) is 7.53. The Hall–Kier alpha value is -0.300. The summed E-state index contributed by atoms with van der Waals surface area (Å²) in [6.45, 7) is 12.6. The van der Waals surface area contributed by atoms with E-state index in [9.17, 15) is 5.11 Å². The number of aliphatic hydroxyl groups is 1. The molecule has 0 bridgehead atoms. The summed E-state index contributed by atoms with van der Waals surface area (Å²) in [5.41, 5.74) is 4.82. The van der Waals surface area contributed by atoms with E-state index in [4.69, 9.17) is 0 Å². The van der Waals surface area contributed by atoms with Gasteiger partial charge in [-0.2, -0.15) is 0 Å². The molecule has 0 aromatic heterocycles. The van der Waals surface area contributed by atoms with E-state index in [0.717, 1.165) is 42.4 Å². The summed E-state index contributed by atoms with van der Waals surface area (Å²) in [7, 11) is 0. The Kier molecular flexibility index (Phi) is 5.80. The summed E-state index contributed by atoms with van der Waals surface area (Å²) in [6, 6.07) is 0. The van der Waals surface area contributed by atoms with Gasteiger partial charge in [-0.15, -0.1) is 0 Å². The highest BCUT2D eigenvalue weighted by Crippen LogP contribution is 2.65. The van der Waals surface area contributed by atoms with Crippen molar-refractivity contribution in [2.75, 3.05) is 0 Å². The van der Waals surface area contributed by atoms with Crippen molar-refractivity contribution in [1.82, 2.24) is 0 Å². The van der Waals surface area contributed by atoms with Gasteiger partial charge in [0.2, 0.25) is 0 Å². The topological polar surface area (TPSA) is 20.2 Å². The zero-order valence-electron chi connectivity index (χ0n) is 19.4. The van der Waals surface area contributed by atoms with Crippen LogP contribution in [-0.4, -0.2) is 11.2 Å². The molecular weight excluding hydrogens is 340 g/mol. The van der Waals surface area contributed by atoms with Crippen molar-refractivity contribution in [3.8, 4) is 0 Å².